The van der Waals surface area contributed by atoms with Crippen LogP contribution in [0.15, 0.2) is 74.7 Å². The standard InChI is InChI=1S/C23H18Br2N4O5/c1-14-3-2-4-17(9-14)27-21(30)13-34-22-19(24)10-15(11-20(22)25)12-26-28-23(31)16-5-7-18(8-6-16)29(32)33/h2-12H,13H2,1H3,(H,27,30)(H,28,31)/b26-12+. The van der Waals surface area contributed by atoms with E-state index < -0.39 is 10.8 Å². The van der Waals surface area contributed by atoms with E-state index in [4.69, 9.17) is 4.74 Å². The van der Waals surface area contributed by atoms with Gasteiger partial charge in [0.05, 0.1) is 20.1 Å². The molecule has 9 nitrogen and oxygen atoms in total. The maximum Gasteiger partial charge on any atom is 0.271 e. The molecule has 0 heterocycles. The zero-order chi connectivity index (χ0) is 24.7. The summed E-state index contributed by atoms with van der Waals surface area (Å²) in [7, 11) is 0. The van der Waals surface area contributed by atoms with E-state index in [-0.39, 0.29) is 23.8 Å². The summed E-state index contributed by atoms with van der Waals surface area (Å²) in [5.41, 5.74) is 4.85. The average Bonchev–Trinajstić information content (AvgIpc) is 2.78. The first-order valence-corrected chi connectivity index (χ1v) is 11.4. The number of halogens is 2. The smallest absolute Gasteiger partial charge is 0.271 e. The molecule has 0 bridgehead atoms. The fourth-order valence-corrected chi connectivity index (χ4v) is 4.26. The van der Waals surface area contributed by atoms with Crippen molar-refractivity contribution in [3.63, 3.8) is 0 Å². The number of hydrazone groups is 1. The number of aryl methyl sites for hydroxylation is 1. The van der Waals surface area contributed by atoms with E-state index in [2.05, 4.69) is 47.7 Å². The second kappa shape index (κ2) is 11.5. The highest BCUT2D eigenvalue weighted by Gasteiger charge is 2.12. The maximum absolute atomic E-state index is 12.2. The summed E-state index contributed by atoms with van der Waals surface area (Å²) in [5, 5.41) is 17.4. The number of benzene rings is 3. The van der Waals surface area contributed by atoms with E-state index in [1.54, 1.807) is 18.2 Å². The van der Waals surface area contributed by atoms with E-state index >= 15 is 0 Å². The topological polar surface area (TPSA) is 123 Å². The van der Waals surface area contributed by atoms with Crippen molar-refractivity contribution in [1.82, 2.24) is 5.43 Å². The summed E-state index contributed by atoms with van der Waals surface area (Å²) in [6.07, 6.45) is 1.42. The van der Waals surface area contributed by atoms with Gasteiger partial charge < -0.3 is 10.1 Å². The Hall–Kier alpha value is -3.57. The Kier molecular flexibility index (Phi) is 8.50. The lowest BCUT2D eigenvalue weighted by molar-refractivity contribution is -0.384. The normalized spacial score (nSPS) is 10.7. The van der Waals surface area contributed by atoms with Crippen molar-refractivity contribution in [1.29, 1.82) is 0 Å². The molecular weight excluding hydrogens is 572 g/mol. The van der Waals surface area contributed by atoms with Crippen molar-refractivity contribution in [2.24, 2.45) is 5.10 Å². The highest BCUT2D eigenvalue weighted by molar-refractivity contribution is 9.11. The lowest BCUT2D eigenvalue weighted by atomic mass is 10.2. The Morgan fingerprint density at radius 2 is 1.76 bits per heavy atom. The Morgan fingerprint density at radius 1 is 1.09 bits per heavy atom. The summed E-state index contributed by atoms with van der Waals surface area (Å²) in [4.78, 5) is 34.5. The lowest BCUT2D eigenvalue weighted by Gasteiger charge is -2.12. The number of nitrogens with one attached hydrogen (secondary N) is 2. The minimum absolute atomic E-state index is 0.107. The predicted molar refractivity (Wildman–Crippen MR) is 135 cm³/mol. The number of nitrogens with zero attached hydrogens (tertiary/aromatic N) is 2. The Balaban J connectivity index is 1.57. The molecule has 0 saturated carbocycles. The Morgan fingerprint density at radius 3 is 2.38 bits per heavy atom. The third-order valence-electron chi connectivity index (χ3n) is 4.39. The molecule has 0 spiro atoms. The second-order valence-electron chi connectivity index (χ2n) is 7.02. The number of amides is 2. The summed E-state index contributed by atoms with van der Waals surface area (Å²) in [5.74, 6) is -0.376. The van der Waals surface area contributed by atoms with Gasteiger partial charge in [-0.05, 0) is 86.3 Å². The zero-order valence-electron chi connectivity index (χ0n) is 17.7. The van der Waals surface area contributed by atoms with Crippen LogP contribution in [0.4, 0.5) is 11.4 Å². The van der Waals surface area contributed by atoms with E-state index in [1.807, 2.05) is 25.1 Å². The molecule has 0 atom stereocenters. The van der Waals surface area contributed by atoms with Crippen molar-refractivity contribution >= 4 is 61.3 Å². The number of carbonyl (C=O) groups excluding carboxylic acids is 2. The first-order valence-electron chi connectivity index (χ1n) is 9.79. The summed E-state index contributed by atoms with van der Waals surface area (Å²) in [6.45, 7) is 1.75. The molecule has 0 aliphatic carbocycles. The van der Waals surface area contributed by atoms with Gasteiger partial charge in [0.15, 0.2) is 6.61 Å². The Labute approximate surface area is 211 Å². The van der Waals surface area contributed by atoms with Crippen molar-refractivity contribution in [2.45, 2.75) is 6.92 Å². The Bertz CT molecular complexity index is 1240. The van der Waals surface area contributed by atoms with Gasteiger partial charge in [-0.15, -0.1) is 0 Å². The molecule has 174 valence electrons. The van der Waals surface area contributed by atoms with Gasteiger partial charge in [0, 0.05) is 23.4 Å². The molecule has 0 unspecified atom stereocenters. The van der Waals surface area contributed by atoms with Crippen molar-refractivity contribution in [2.75, 3.05) is 11.9 Å². The van der Waals surface area contributed by atoms with Gasteiger partial charge >= 0.3 is 0 Å². The zero-order valence-corrected chi connectivity index (χ0v) is 20.9. The van der Waals surface area contributed by atoms with Crippen LogP contribution in [-0.4, -0.2) is 29.6 Å². The third-order valence-corrected chi connectivity index (χ3v) is 5.57. The molecule has 3 rings (SSSR count). The van der Waals surface area contributed by atoms with Crippen LogP contribution in [0, 0.1) is 17.0 Å². The number of ether oxygens (including phenoxy) is 1. The number of non-ortho nitro benzene ring substituents is 1. The number of rotatable bonds is 8. The van der Waals surface area contributed by atoms with E-state index in [0.717, 1.165) is 5.56 Å². The molecule has 2 amide bonds. The predicted octanol–water partition coefficient (Wildman–Crippen LogP) is 5.21. The van der Waals surface area contributed by atoms with Crippen LogP contribution in [0.2, 0.25) is 0 Å². The van der Waals surface area contributed by atoms with Gasteiger partial charge in [-0.3, -0.25) is 19.7 Å². The number of carbonyl (C=O) groups is 2. The van der Waals surface area contributed by atoms with Crippen LogP contribution in [0.5, 0.6) is 5.75 Å². The fraction of sp³-hybridized carbons (Fsp3) is 0.0870. The average molecular weight is 590 g/mol. The fourth-order valence-electron chi connectivity index (χ4n) is 2.81. The van der Waals surface area contributed by atoms with Crippen LogP contribution in [0.25, 0.3) is 0 Å². The highest BCUT2D eigenvalue weighted by Crippen LogP contribution is 2.34. The molecule has 0 aromatic heterocycles. The van der Waals surface area contributed by atoms with Crippen LogP contribution in [0.3, 0.4) is 0 Å². The van der Waals surface area contributed by atoms with Crippen LogP contribution in [0.1, 0.15) is 21.5 Å². The lowest BCUT2D eigenvalue weighted by Crippen LogP contribution is -2.20. The third kappa shape index (κ3) is 6.96. The molecule has 11 heteroatoms. The number of hydrogen-bond acceptors (Lipinski definition) is 6. The van der Waals surface area contributed by atoms with Crippen LogP contribution in [-0.2, 0) is 4.79 Å². The molecule has 0 aliphatic heterocycles. The quantitative estimate of drug-likeness (QED) is 0.212. The van der Waals surface area contributed by atoms with Gasteiger partial charge in [0.1, 0.15) is 5.75 Å². The molecule has 34 heavy (non-hydrogen) atoms. The first-order chi connectivity index (χ1) is 16.2. The van der Waals surface area contributed by atoms with E-state index in [9.17, 15) is 19.7 Å². The van der Waals surface area contributed by atoms with Crippen molar-refractivity contribution in [3.8, 4) is 5.75 Å². The summed E-state index contributed by atoms with van der Waals surface area (Å²) in [6, 6.07) is 16.0. The molecule has 3 aromatic rings. The molecule has 3 aromatic carbocycles. The SMILES string of the molecule is Cc1cccc(NC(=O)COc2c(Br)cc(/C=N/NC(=O)c3ccc([N+](=O)[O-])cc3)cc2Br)c1. The first kappa shape index (κ1) is 25.1. The number of nitro benzene ring substituents is 1. The minimum atomic E-state index is -0.542. The van der Waals surface area contributed by atoms with Gasteiger partial charge in [0.2, 0.25) is 0 Å². The summed E-state index contributed by atoms with van der Waals surface area (Å²) < 4.78 is 6.80. The minimum Gasteiger partial charge on any atom is -0.481 e. The second-order valence-corrected chi connectivity index (χ2v) is 8.73. The van der Waals surface area contributed by atoms with Crippen molar-refractivity contribution in [3.05, 3.63) is 96.4 Å². The largest absolute Gasteiger partial charge is 0.481 e. The van der Waals surface area contributed by atoms with Gasteiger partial charge in [-0.1, -0.05) is 12.1 Å². The maximum atomic E-state index is 12.2. The molecule has 0 fully saturated rings. The molecule has 0 saturated heterocycles. The van der Waals surface area contributed by atoms with E-state index in [1.165, 1.54) is 30.5 Å². The van der Waals surface area contributed by atoms with Gasteiger partial charge in [-0.2, -0.15) is 5.10 Å². The number of nitro groups is 1. The van der Waals surface area contributed by atoms with Crippen molar-refractivity contribution < 1.29 is 19.2 Å². The van der Waals surface area contributed by atoms with Crippen LogP contribution >= 0.6 is 31.9 Å². The molecular formula is C23H18Br2N4O5. The highest BCUT2D eigenvalue weighted by atomic mass is 79.9. The number of anilines is 1. The molecule has 0 aliphatic rings. The molecule has 2 N–H and O–H groups in total. The van der Waals surface area contributed by atoms with Gasteiger partial charge in [-0.25, -0.2) is 5.43 Å². The van der Waals surface area contributed by atoms with E-state index in [0.29, 0.717) is 25.9 Å². The number of hydrogen-bond donors (Lipinski definition) is 2. The summed E-state index contributed by atoms with van der Waals surface area (Å²) >= 11 is 6.82. The molecule has 0 radical (unpaired) electrons. The van der Waals surface area contributed by atoms with Crippen LogP contribution < -0.4 is 15.5 Å². The van der Waals surface area contributed by atoms with Gasteiger partial charge in [0.25, 0.3) is 17.5 Å². The monoisotopic (exact) mass is 588 g/mol.